The van der Waals surface area contributed by atoms with Gasteiger partial charge >= 0.3 is 0 Å². The second kappa shape index (κ2) is 8.80. The molecule has 1 saturated heterocycles. The van der Waals surface area contributed by atoms with Crippen molar-refractivity contribution in [2.45, 2.75) is 19.3 Å². The molecule has 3 aromatic rings. The number of piperidine rings is 1. The van der Waals surface area contributed by atoms with Gasteiger partial charge in [0.2, 0.25) is 5.91 Å². The van der Waals surface area contributed by atoms with Crippen molar-refractivity contribution in [3.63, 3.8) is 0 Å². The van der Waals surface area contributed by atoms with Crippen molar-refractivity contribution < 1.29 is 9.59 Å². The van der Waals surface area contributed by atoms with Gasteiger partial charge in [0.15, 0.2) is 0 Å². The highest BCUT2D eigenvalue weighted by Crippen LogP contribution is 2.30. The highest BCUT2D eigenvalue weighted by Gasteiger charge is 2.20. The fourth-order valence-electron chi connectivity index (χ4n) is 3.40. The Morgan fingerprint density at radius 3 is 2.79 bits per heavy atom. The maximum absolute atomic E-state index is 12.7. The number of carbonyl (C=O) groups excluding carboxylic acids is 2. The number of aromatic amines is 1. The molecule has 29 heavy (non-hydrogen) atoms. The van der Waals surface area contributed by atoms with Gasteiger partial charge in [0.1, 0.15) is 16.6 Å². The van der Waals surface area contributed by atoms with Crippen LogP contribution in [0.15, 0.2) is 41.9 Å². The van der Waals surface area contributed by atoms with Gasteiger partial charge in [0.25, 0.3) is 5.91 Å². The van der Waals surface area contributed by atoms with E-state index in [2.05, 4.69) is 10.3 Å². The Morgan fingerprint density at radius 2 is 2.00 bits per heavy atom. The Bertz CT molecular complexity index is 1020. The zero-order chi connectivity index (χ0) is 20.2. The summed E-state index contributed by atoms with van der Waals surface area (Å²) in [5.74, 6) is -0.284. The first-order valence-electron chi connectivity index (χ1n) is 9.54. The van der Waals surface area contributed by atoms with E-state index >= 15 is 0 Å². The first-order chi connectivity index (χ1) is 14.1. The molecule has 1 fully saturated rings. The minimum Gasteiger partial charge on any atom is -0.357 e. The summed E-state index contributed by atoms with van der Waals surface area (Å²) in [5.41, 5.74) is 3.89. The van der Waals surface area contributed by atoms with Crippen LogP contribution in [0.4, 0.5) is 5.69 Å². The van der Waals surface area contributed by atoms with Crippen LogP contribution in [0.25, 0.3) is 21.8 Å². The summed E-state index contributed by atoms with van der Waals surface area (Å²) in [4.78, 5) is 33.9. The molecule has 0 unspecified atom stereocenters. The number of hydrogen-bond donors (Lipinski definition) is 2. The minimum absolute atomic E-state index is 0.0501. The molecule has 2 N–H and O–H groups in total. The first kappa shape index (κ1) is 19.7. The van der Waals surface area contributed by atoms with Gasteiger partial charge in [-0.15, -0.1) is 22.9 Å². The van der Waals surface area contributed by atoms with Gasteiger partial charge in [-0.3, -0.25) is 9.59 Å². The summed E-state index contributed by atoms with van der Waals surface area (Å²) >= 11 is 7.07. The number of nitrogens with one attached hydrogen (secondary N) is 2. The number of halogens is 1. The molecule has 0 atom stereocenters. The lowest BCUT2D eigenvalue weighted by atomic mass is 10.1. The number of benzene rings is 1. The standard InChI is InChI=1S/C21H21ClN4O2S/c22-11-19(27)24-16-6-4-5-14(9-16)20-25-18(13-29-20)15-10-17(23-12-15)21(28)26-7-2-1-3-8-26/h4-6,9-10,12-13,23H,1-3,7-8,11H2,(H,24,27). The number of nitrogens with zero attached hydrogens (tertiary/aromatic N) is 2. The molecule has 0 aliphatic carbocycles. The van der Waals surface area contributed by atoms with Crippen LogP contribution < -0.4 is 5.32 Å². The molecule has 8 heteroatoms. The monoisotopic (exact) mass is 428 g/mol. The average molecular weight is 429 g/mol. The number of anilines is 1. The highest BCUT2D eigenvalue weighted by molar-refractivity contribution is 7.13. The lowest BCUT2D eigenvalue weighted by molar-refractivity contribution is -0.113. The first-order valence-corrected chi connectivity index (χ1v) is 11.0. The van der Waals surface area contributed by atoms with Crippen LogP contribution in [0.5, 0.6) is 0 Å². The van der Waals surface area contributed by atoms with Crippen molar-refractivity contribution in [3.05, 3.63) is 47.6 Å². The Labute approximate surface area is 177 Å². The number of carbonyl (C=O) groups is 2. The number of likely N-dealkylation sites (tertiary alicyclic amines) is 1. The molecule has 1 aliphatic heterocycles. The third kappa shape index (κ3) is 4.52. The summed E-state index contributed by atoms with van der Waals surface area (Å²) in [7, 11) is 0. The fraction of sp³-hybridized carbons (Fsp3) is 0.286. The molecular weight excluding hydrogens is 408 g/mol. The lowest BCUT2D eigenvalue weighted by Crippen LogP contribution is -2.35. The molecule has 4 rings (SSSR count). The molecule has 1 aliphatic rings. The second-order valence-corrected chi connectivity index (χ2v) is 8.08. The smallest absolute Gasteiger partial charge is 0.270 e. The van der Waals surface area contributed by atoms with Crippen LogP contribution in [0, 0.1) is 0 Å². The summed E-state index contributed by atoms with van der Waals surface area (Å²) < 4.78 is 0. The molecule has 0 bridgehead atoms. The van der Waals surface area contributed by atoms with Gasteiger partial charge in [-0.25, -0.2) is 4.98 Å². The lowest BCUT2D eigenvalue weighted by Gasteiger charge is -2.26. The third-order valence-electron chi connectivity index (χ3n) is 4.87. The van der Waals surface area contributed by atoms with E-state index in [4.69, 9.17) is 16.6 Å². The largest absolute Gasteiger partial charge is 0.357 e. The Morgan fingerprint density at radius 1 is 1.17 bits per heavy atom. The van der Waals surface area contributed by atoms with E-state index in [0.717, 1.165) is 47.8 Å². The average Bonchev–Trinajstić information content (AvgIpc) is 3.44. The topological polar surface area (TPSA) is 78.1 Å². The number of thiazole rings is 1. The van der Waals surface area contributed by atoms with E-state index in [1.54, 1.807) is 0 Å². The Hall–Kier alpha value is -2.64. The van der Waals surface area contributed by atoms with Gasteiger partial charge in [0, 0.05) is 41.5 Å². The quantitative estimate of drug-likeness (QED) is 0.582. The van der Waals surface area contributed by atoms with Gasteiger partial charge in [0.05, 0.1) is 5.69 Å². The predicted molar refractivity (Wildman–Crippen MR) is 116 cm³/mol. The van der Waals surface area contributed by atoms with Gasteiger partial charge in [-0.1, -0.05) is 12.1 Å². The van der Waals surface area contributed by atoms with Crippen LogP contribution in [-0.4, -0.2) is 45.7 Å². The molecule has 6 nitrogen and oxygen atoms in total. The zero-order valence-electron chi connectivity index (χ0n) is 15.8. The Balaban J connectivity index is 1.51. The van der Waals surface area contributed by atoms with E-state index in [1.807, 2.05) is 46.8 Å². The van der Waals surface area contributed by atoms with Crippen LogP contribution in [0.3, 0.4) is 0 Å². The van der Waals surface area contributed by atoms with Crippen LogP contribution in [0.1, 0.15) is 29.8 Å². The number of aromatic nitrogens is 2. The zero-order valence-corrected chi connectivity index (χ0v) is 17.4. The van der Waals surface area contributed by atoms with Crippen molar-refractivity contribution in [2.75, 3.05) is 24.3 Å². The Kier molecular flexibility index (Phi) is 5.97. The second-order valence-electron chi connectivity index (χ2n) is 6.96. The van der Waals surface area contributed by atoms with Crippen molar-refractivity contribution in [1.29, 1.82) is 0 Å². The maximum Gasteiger partial charge on any atom is 0.270 e. The number of rotatable bonds is 5. The summed E-state index contributed by atoms with van der Waals surface area (Å²) in [6.45, 7) is 1.65. The van der Waals surface area contributed by atoms with Gasteiger partial charge in [-0.2, -0.15) is 0 Å². The summed E-state index contributed by atoms with van der Waals surface area (Å²) in [6.07, 6.45) is 5.16. The summed E-state index contributed by atoms with van der Waals surface area (Å²) in [6, 6.07) is 9.36. The molecule has 3 heterocycles. The molecule has 2 aromatic heterocycles. The molecular formula is C21H21ClN4O2S. The van der Waals surface area contributed by atoms with E-state index in [9.17, 15) is 9.59 Å². The van der Waals surface area contributed by atoms with E-state index in [1.165, 1.54) is 17.8 Å². The van der Waals surface area contributed by atoms with Crippen molar-refractivity contribution >= 4 is 40.4 Å². The van der Waals surface area contributed by atoms with Gasteiger partial charge in [-0.05, 0) is 37.5 Å². The summed E-state index contributed by atoms with van der Waals surface area (Å²) in [5, 5.41) is 5.56. The normalized spacial score (nSPS) is 14.0. The fourth-order valence-corrected chi connectivity index (χ4v) is 4.29. The van der Waals surface area contributed by atoms with Crippen molar-refractivity contribution in [2.24, 2.45) is 0 Å². The molecule has 0 radical (unpaired) electrons. The molecule has 150 valence electrons. The number of H-pyrrole nitrogens is 1. The third-order valence-corrected chi connectivity index (χ3v) is 6.01. The molecule has 0 saturated carbocycles. The minimum atomic E-state index is -0.248. The van der Waals surface area contributed by atoms with Crippen LogP contribution in [-0.2, 0) is 4.79 Å². The van der Waals surface area contributed by atoms with Crippen molar-refractivity contribution in [3.8, 4) is 21.8 Å². The van der Waals surface area contributed by atoms with E-state index in [0.29, 0.717) is 11.4 Å². The van der Waals surface area contributed by atoms with Crippen LogP contribution in [0.2, 0.25) is 0 Å². The molecule has 1 aromatic carbocycles. The van der Waals surface area contributed by atoms with Gasteiger partial charge < -0.3 is 15.2 Å². The number of amides is 2. The molecule has 2 amide bonds. The van der Waals surface area contributed by atoms with Crippen LogP contribution >= 0.6 is 22.9 Å². The maximum atomic E-state index is 12.7. The number of alkyl halides is 1. The SMILES string of the molecule is O=C(CCl)Nc1cccc(-c2nc(-c3c[nH]c(C(=O)N4CCCCC4)c3)cs2)c1. The van der Waals surface area contributed by atoms with Crippen molar-refractivity contribution in [1.82, 2.24) is 14.9 Å². The molecule has 0 spiro atoms. The highest BCUT2D eigenvalue weighted by atomic mass is 35.5. The number of hydrogen-bond acceptors (Lipinski definition) is 4. The predicted octanol–water partition coefficient (Wildman–Crippen LogP) is 4.61. The van der Waals surface area contributed by atoms with E-state index < -0.39 is 0 Å². The van der Waals surface area contributed by atoms with E-state index in [-0.39, 0.29) is 17.7 Å².